The number of esters is 1. The fourth-order valence-electron chi connectivity index (χ4n) is 10.2. The number of aliphatic hydroxyl groups excluding tert-OH is 1. The van der Waals surface area contributed by atoms with Gasteiger partial charge in [-0.1, -0.05) is 64.8 Å². The summed E-state index contributed by atoms with van der Waals surface area (Å²) in [5.74, 6) is -2.26. The van der Waals surface area contributed by atoms with Crippen LogP contribution in [-0.2, 0) is 19.1 Å². The van der Waals surface area contributed by atoms with Crippen LogP contribution in [0.25, 0.3) is 0 Å². The first-order chi connectivity index (χ1) is 18.9. The van der Waals surface area contributed by atoms with Crippen LogP contribution < -0.4 is 0 Å². The fourth-order valence-corrected chi connectivity index (χ4v) is 10.2. The maximum atomic E-state index is 12.3. The van der Waals surface area contributed by atoms with Crippen molar-refractivity contribution in [2.24, 2.45) is 45.3 Å². The standard InChI is InChI=1S/C34H52O7/c1-19(21(3)30(39)40)9-10-20(2)22-13-16-33(7)23-11-12-25-31(4,5)27(41-29(38)18-28(36)37)14-15-32(25,6)24(23)17-26(35)34(22,33)8/h20-22,25-27,35H,1,9-18H2,2-8H3,(H,36,37)(H,39,40)/t20-,21+,22-,25+,26+,27-,32-,33+,34+/m1/s1. The van der Waals surface area contributed by atoms with Crippen molar-refractivity contribution in [2.45, 2.75) is 125 Å². The smallest absolute Gasteiger partial charge is 0.317 e. The maximum absolute atomic E-state index is 12.3. The number of allylic oxidation sites excluding steroid dienone is 1. The molecule has 3 N–H and O–H groups in total. The third kappa shape index (κ3) is 4.98. The SMILES string of the molecule is C=C(CC[C@@H](C)[C@H]1CC[C@@]2(C)C3=C(C[C@H](O)[C@]12C)[C@@]1(C)CC[C@@H](OC(=O)CC(=O)O)C(C)(C)[C@@H]1CC3)[C@H](C)C(=O)O. The topological polar surface area (TPSA) is 121 Å². The van der Waals surface area contributed by atoms with Crippen LogP contribution in [0, 0.1) is 45.3 Å². The van der Waals surface area contributed by atoms with Crippen molar-refractivity contribution in [3.05, 3.63) is 23.3 Å². The van der Waals surface area contributed by atoms with Crippen LogP contribution in [-0.4, -0.2) is 45.4 Å². The van der Waals surface area contributed by atoms with E-state index in [0.29, 0.717) is 31.1 Å². The van der Waals surface area contributed by atoms with Gasteiger partial charge in [-0.3, -0.25) is 14.4 Å². The maximum Gasteiger partial charge on any atom is 0.317 e. The number of ether oxygens (including phenoxy) is 1. The van der Waals surface area contributed by atoms with Gasteiger partial charge in [0.1, 0.15) is 12.5 Å². The van der Waals surface area contributed by atoms with E-state index in [4.69, 9.17) is 9.84 Å². The lowest BCUT2D eigenvalue weighted by atomic mass is 9.42. The second kappa shape index (κ2) is 10.8. The minimum absolute atomic E-state index is 0.104. The van der Waals surface area contributed by atoms with E-state index >= 15 is 0 Å². The van der Waals surface area contributed by atoms with Crippen LogP contribution in [0.1, 0.15) is 113 Å². The van der Waals surface area contributed by atoms with Gasteiger partial charge in [-0.15, -0.1) is 0 Å². The lowest BCUT2D eigenvalue weighted by Gasteiger charge is -2.63. The Bertz CT molecular complexity index is 1140. The third-order valence-electron chi connectivity index (χ3n) is 13.0. The predicted molar refractivity (Wildman–Crippen MR) is 157 cm³/mol. The lowest BCUT2D eigenvalue weighted by Crippen LogP contribution is -2.58. The number of aliphatic carboxylic acids is 2. The van der Waals surface area contributed by atoms with Crippen molar-refractivity contribution in [3.8, 4) is 0 Å². The highest BCUT2D eigenvalue weighted by Crippen LogP contribution is 2.72. The second-order valence-corrected chi connectivity index (χ2v) is 15.1. The number of rotatable bonds is 9. The zero-order valence-electron chi connectivity index (χ0n) is 26.2. The summed E-state index contributed by atoms with van der Waals surface area (Å²) in [5.41, 5.74) is 2.95. The monoisotopic (exact) mass is 572 g/mol. The minimum Gasteiger partial charge on any atom is -0.481 e. The molecule has 7 heteroatoms. The summed E-state index contributed by atoms with van der Waals surface area (Å²) in [5, 5.41) is 30.5. The summed E-state index contributed by atoms with van der Waals surface area (Å²) in [4.78, 5) is 34.8. The van der Waals surface area contributed by atoms with Crippen LogP contribution in [0.15, 0.2) is 23.3 Å². The molecule has 0 radical (unpaired) electrons. The molecule has 0 aromatic rings. The second-order valence-electron chi connectivity index (χ2n) is 15.1. The molecule has 0 aromatic heterocycles. The fraction of sp³-hybridized carbons (Fsp3) is 0.794. The molecule has 4 aliphatic rings. The average Bonchev–Trinajstić information content (AvgIpc) is 3.16. The van der Waals surface area contributed by atoms with Gasteiger partial charge in [-0.2, -0.15) is 0 Å². The lowest BCUT2D eigenvalue weighted by molar-refractivity contribution is -0.173. The number of fused-ring (bicyclic) bond motifs is 4. The molecular weight excluding hydrogens is 520 g/mol. The van der Waals surface area contributed by atoms with E-state index in [1.54, 1.807) is 12.5 Å². The Morgan fingerprint density at radius 1 is 1.00 bits per heavy atom. The van der Waals surface area contributed by atoms with E-state index in [1.165, 1.54) is 5.57 Å². The summed E-state index contributed by atoms with van der Waals surface area (Å²) in [7, 11) is 0. The summed E-state index contributed by atoms with van der Waals surface area (Å²) < 4.78 is 5.76. The van der Waals surface area contributed by atoms with Crippen LogP contribution in [0.3, 0.4) is 0 Å². The van der Waals surface area contributed by atoms with Gasteiger partial charge < -0.3 is 20.1 Å². The number of hydrogen-bond acceptors (Lipinski definition) is 5. The molecule has 9 atom stereocenters. The molecule has 0 heterocycles. The molecule has 0 saturated heterocycles. The average molecular weight is 573 g/mol. The number of carboxylic acids is 2. The Morgan fingerprint density at radius 3 is 2.27 bits per heavy atom. The quantitative estimate of drug-likeness (QED) is 0.158. The number of carbonyl (C=O) groups excluding carboxylic acids is 1. The van der Waals surface area contributed by atoms with Gasteiger partial charge >= 0.3 is 17.9 Å². The first-order valence-electron chi connectivity index (χ1n) is 15.6. The highest BCUT2D eigenvalue weighted by molar-refractivity contribution is 5.90. The Labute approximate surface area is 245 Å². The molecule has 2 saturated carbocycles. The highest BCUT2D eigenvalue weighted by atomic mass is 16.5. The summed E-state index contributed by atoms with van der Waals surface area (Å²) in [6, 6.07) is 0. The molecule has 0 spiro atoms. The van der Waals surface area contributed by atoms with Crippen molar-refractivity contribution < 1.29 is 34.4 Å². The van der Waals surface area contributed by atoms with Crippen LogP contribution in [0.2, 0.25) is 0 Å². The van der Waals surface area contributed by atoms with E-state index < -0.39 is 36.4 Å². The van der Waals surface area contributed by atoms with Crippen LogP contribution in [0.5, 0.6) is 0 Å². The molecular formula is C34H52O7. The molecule has 4 aliphatic carbocycles. The molecule has 41 heavy (non-hydrogen) atoms. The van der Waals surface area contributed by atoms with Gasteiger partial charge in [-0.05, 0) is 93.3 Å². The zero-order valence-corrected chi connectivity index (χ0v) is 26.2. The Morgan fingerprint density at radius 2 is 1.66 bits per heavy atom. The Hall–Kier alpha value is -2.15. The van der Waals surface area contributed by atoms with Gasteiger partial charge in [0.25, 0.3) is 0 Å². The first kappa shape index (κ1) is 31.8. The summed E-state index contributed by atoms with van der Waals surface area (Å²) >= 11 is 0. The molecule has 0 aliphatic heterocycles. The first-order valence-corrected chi connectivity index (χ1v) is 15.6. The van der Waals surface area contributed by atoms with Crippen LogP contribution >= 0.6 is 0 Å². The number of aliphatic hydroxyl groups is 1. The number of carbonyl (C=O) groups is 3. The van der Waals surface area contributed by atoms with E-state index in [1.807, 2.05) is 0 Å². The molecule has 0 aromatic carbocycles. The Kier molecular flexibility index (Phi) is 8.40. The van der Waals surface area contributed by atoms with Gasteiger partial charge in [0.05, 0.1) is 12.0 Å². The van der Waals surface area contributed by atoms with Crippen molar-refractivity contribution in [2.75, 3.05) is 0 Å². The Balaban J connectivity index is 1.59. The predicted octanol–water partition coefficient (Wildman–Crippen LogP) is 6.79. The molecule has 2 fully saturated rings. The van der Waals surface area contributed by atoms with Gasteiger partial charge in [-0.25, -0.2) is 0 Å². The summed E-state index contributed by atoms with van der Waals surface area (Å²) in [6.45, 7) is 19.4. The third-order valence-corrected chi connectivity index (χ3v) is 13.0. The number of carboxylic acid groups (broad SMARTS) is 2. The van der Waals surface area contributed by atoms with E-state index in [9.17, 15) is 24.6 Å². The van der Waals surface area contributed by atoms with Crippen molar-refractivity contribution in [1.82, 2.24) is 0 Å². The highest BCUT2D eigenvalue weighted by Gasteiger charge is 2.66. The van der Waals surface area contributed by atoms with Crippen molar-refractivity contribution >= 4 is 17.9 Å². The molecule has 0 amide bonds. The molecule has 230 valence electrons. The van der Waals surface area contributed by atoms with Crippen LogP contribution in [0.4, 0.5) is 0 Å². The zero-order chi connectivity index (χ0) is 30.7. The van der Waals surface area contributed by atoms with E-state index in [0.717, 1.165) is 44.1 Å². The van der Waals surface area contributed by atoms with Crippen molar-refractivity contribution in [3.63, 3.8) is 0 Å². The molecule has 4 rings (SSSR count). The van der Waals surface area contributed by atoms with E-state index in [-0.39, 0.29) is 33.7 Å². The molecule has 0 bridgehead atoms. The van der Waals surface area contributed by atoms with Gasteiger partial charge in [0, 0.05) is 10.8 Å². The van der Waals surface area contributed by atoms with E-state index in [2.05, 4.69) is 48.1 Å². The molecule has 7 nitrogen and oxygen atoms in total. The van der Waals surface area contributed by atoms with Gasteiger partial charge in [0.15, 0.2) is 0 Å². The minimum atomic E-state index is -1.17. The van der Waals surface area contributed by atoms with Gasteiger partial charge in [0.2, 0.25) is 0 Å². The number of hydrogen-bond donors (Lipinski definition) is 3. The normalized spacial score (nSPS) is 39.1. The molecule has 0 unspecified atom stereocenters. The van der Waals surface area contributed by atoms with Crippen molar-refractivity contribution in [1.29, 1.82) is 0 Å². The largest absolute Gasteiger partial charge is 0.481 e. The summed E-state index contributed by atoms with van der Waals surface area (Å²) in [6.07, 6.45) is 6.43.